The molecule has 0 saturated carbocycles. The van der Waals surface area contributed by atoms with Crippen molar-refractivity contribution in [2.45, 2.75) is 51.2 Å². The van der Waals surface area contributed by atoms with Gasteiger partial charge in [0.25, 0.3) is 0 Å². The SMILES string of the molecule is CC(C)C(NC(=O)C(F)(F)F)P(=O)(O)O[C@H](CCCCN)C(=O)O. The smallest absolute Gasteiger partial charge is 0.471 e. The molecular weight excluding hydrogens is 356 g/mol. The summed E-state index contributed by atoms with van der Waals surface area (Å²) in [6.45, 7) is 2.86. The minimum atomic E-state index is -5.25. The zero-order chi connectivity index (χ0) is 19.1. The molecule has 0 bridgehead atoms. The third-order valence-corrected chi connectivity index (χ3v) is 4.98. The predicted molar refractivity (Wildman–Crippen MR) is 78.1 cm³/mol. The highest BCUT2D eigenvalue weighted by atomic mass is 31.2. The topological polar surface area (TPSA) is 139 Å². The molecule has 0 rings (SSSR count). The summed E-state index contributed by atoms with van der Waals surface area (Å²) in [7, 11) is -4.88. The van der Waals surface area contributed by atoms with E-state index in [2.05, 4.69) is 4.52 Å². The molecular formula is C12H22F3N2O6P. The van der Waals surface area contributed by atoms with Crippen molar-refractivity contribution in [3.63, 3.8) is 0 Å². The average molecular weight is 378 g/mol. The molecule has 24 heavy (non-hydrogen) atoms. The second kappa shape index (κ2) is 9.36. The summed E-state index contributed by atoms with van der Waals surface area (Å²) in [6.07, 6.45) is -6.36. The Morgan fingerprint density at radius 1 is 1.29 bits per heavy atom. The number of carboxylic acids is 1. The molecule has 0 aromatic rings. The molecule has 0 aliphatic heterocycles. The number of nitrogens with one attached hydrogen (secondary N) is 1. The van der Waals surface area contributed by atoms with Crippen LogP contribution in [-0.4, -0.2) is 46.5 Å². The van der Waals surface area contributed by atoms with Gasteiger partial charge in [-0.15, -0.1) is 0 Å². The highest BCUT2D eigenvalue weighted by Crippen LogP contribution is 2.51. The standard InChI is InChI=1S/C12H22F3N2O6P/c1-7(2)9(17-11(20)12(13,14)15)24(21,22)23-8(10(18)19)5-3-4-6-16/h7-9H,3-6,16H2,1-2H3,(H,17,20)(H,18,19)(H,21,22)/t8-,9?/m1/s1. The number of carbonyl (C=O) groups excluding carboxylic acids is 1. The Bertz CT molecular complexity index is 486. The number of amides is 1. The zero-order valence-electron chi connectivity index (χ0n) is 13.2. The van der Waals surface area contributed by atoms with Gasteiger partial charge in [0.2, 0.25) is 0 Å². The summed E-state index contributed by atoms with van der Waals surface area (Å²) >= 11 is 0. The Morgan fingerprint density at radius 3 is 2.21 bits per heavy atom. The number of rotatable bonds is 10. The van der Waals surface area contributed by atoms with Crippen molar-refractivity contribution in [3.8, 4) is 0 Å². The highest BCUT2D eigenvalue weighted by molar-refractivity contribution is 7.53. The molecule has 0 saturated heterocycles. The van der Waals surface area contributed by atoms with E-state index in [1.54, 1.807) is 0 Å². The van der Waals surface area contributed by atoms with Crippen LogP contribution < -0.4 is 11.1 Å². The van der Waals surface area contributed by atoms with Gasteiger partial charge in [0.15, 0.2) is 6.10 Å². The van der Waals surface area contributed by atoms with Crippen LogP contribution in [0.5, 0.6) is 0 Å². The van der Waals surface area contributed by atoms with Gasteiger partial charge in [0, 0.05) is 0 Å². The van der Waals surface area contributed by atoms with Crippen LogP contribution in [0.25, 0.3) is 0 Å². The molecule has 0 aliphatic rings. The van der Waals surface area contributed by atoms with Crippen LogP contribution in [0, 0.1) is 5.92 Å². The fourth-order valence-electron chi connectivity index (χ4n) is 1.78. The van der Waals surface area contributed by atoms with Gasteiger partial charge < -0.3 is 21.1 Å². The monoisotopic (exact) mass is 378 g/mol. The Morgan fingerprint density at radius 2 is 1.83 bits per heavy atom. The van der Waals surface area contributed by atoms with Crippen LogP contribution in [0.2, 0.25) is 0 Å². The van der Waals surface area contributed by atoms with E-state index in [4.69, 9.17) is 10.8 Å². The third-order valence-electron chi connectivity index (χ3n) is 2.99. The van der Waals surface area contributed by atoms with E-state index in [9.17, 15) is 32.2 Å². The lowest BCUT2D eigenvalue weighted by Gasteiger charge is -2.28. The van der Waals surface area contributed by atoms with Crippen molar-refractivity contribution in [2.24, 2.45) is 11.7 Å². The van der Waals surface area contributed by atoms with E-state index in [1.807, 2.05) is 0 Å². The molecule has 12 heteroatoms. The molecule has 0 aromatic carbocycles. The quantitative estimate of drug-likeness (QED) is 0.333. The molecule has 2 unspecified atom stereocenters. The summed E-state index contributed by atoms with van der Waals surface area (Å²) in [5.74, 6) is -6.76. The Kier molecular flexibility index (Phi) is 8.90. The zero-order valence-corrected chi connectivity index (χ0v) is 14.1. The summed E-state index contributed by atoms with van der Waals surface area (Å²) in [5.41, 5.74) is 5.26. The van der Waals surface area contributed by atoms with Crippen LogP contribution in [0.15, 0.2) is 0 Å². The van der Waals surface area contributed by atoms with Crippen LogP contribution in [-0.2, 0) is 18.7 Å². The van der Waals surface area contributed by atoms with Crippen LogP contribution in [0.3, 0.4) is 0 Å². The van der Waals surface area contributed by atoms with Crippen molar-refractivity contribution in [1.82, 2.24) is 5.32 Å². The molecule has 0 aliphatic carbocycles. The summed E-state index contributed by atoms with van der Waals surface area (Å²) in [6, 6.07) is 0. The molecule has 0 spiro atoms. The molecule has 3 atom stereocenters. The predicted octanol–water partition coefficient (Wildman–Crippen LogP) is 1.43. The van der Waals surface area contributed by atoms with Crippen LogP contribution in [0.1, 0.15) is 33.1 Å². The van der Waals surface area contributed by atoms with Crippen molar-refractivity contribution in [3.05, 3.63) is 0 Å². The Hall–Kier alpha value is -1.16. The maximum atomic E-state index is 12.3. The normalized spacial score (nSPS) is 17.2. The summed E-state index contributed by atoms with van der Waals surface area (Å²) in [4.78, 5) is 32.0. The lowest BCUT2D eigenvalue weighted by atomic mass is 10.1. The number of carboxylic acid groups (broad SMARTS) is 1. The first-order valence-electron chi connectivity index (χ1n) is 7.14. The van der Waals surface area contributed by atoms with E-state index < -0.39 is 43.5 Å². The number of alkyl halides is 3. The first kappa shape index (κ1) is 22.8. The fourth-order valence-corrected chi connectivity index (χ4v) is 3.51. The van der Waals surface area contributed by atoms with Gasteiger partial charge in [0.05, 0.1) is 0 Å². The van der Waals surface area contributed by atoms with Gasteiger partial charge in [-0.3, -0.25) is 13.9 Å². The summed E-state index contributed by atoms with van der Waals surface area (Å²) < 4.78 is 53.9. The van der Waals surface area contributed by atoms with Crippen molar-refractivity contribution < 1.29 is 41.8 Å². The molecule has 0 aromatic heterocycles. The van der Waals surface area contributed by atoms with Gasteiger partial charge in [0.1, 0.15) is 5.78 Å². The maximum absolute atomic E-state index is 12.3. The number of aliphatic carboxylic acids is 1. The van der Waals surface area contributed by atoms with Crippen LogP contribution in [0.4, 0.5) is 13.2 Å². The largest absolute Gasteiger partial charge is 0.479 e. The van der Waals surface area contributed by atoms with Crippen molar-refractivity contribution >= 4 is 19.5 Å². The van der Waals surface area contributed by atoms with Gasteiger partial charge in [-0.2, -0.15) is 13.2 Å². The van der Waals surface area contributed by atoms with Gasteiger partial charge in [-0.25, -0.2) is 4.79 Å². The maximum Gasteiger partial charge on any atom is 0.471 e. The molecule has 5 N–H and O–H groups in total. The number of hydrogen-bond acceptors (Lipinski definition) is 5. The number of carbonyl (C=O) groups is 2. The third kappa shape index (κ3) is 7.61. The number of nitrogens with two attached hydrogens (primary N) is 1. The molecule has 1 amide bonds. The minimum absolute atomic E-state index is 0.144. The minimum Gasteiger partial charge on any atom is -0.479 e. The first-order valence-corrected chi connectivity index (χ1v) is 8.79. The van der Waals surface area contributed by atoms with E-state index in [-0.39, 0.29) is 19.4 Å². The van der Waals surface area contributed by atoms with E-state index >= 15 is 0 Å². The van der Waals surface area contributed by atoms with Crippen molar-refractivity contribution in [2.75, 3.05) is 6.54 Å². The van der Waals surface area contributed by atoms with Crippen LogP contribution >= 0.6 is 7.60 Å². The lowest BCUT2D eigenvalue weighted by Crippen LogP contribution is -2.46. The van der Waals surface area contributed by atoms with Gasteiger partial charge in [-0.05, 0) is 31.7 Å². The summed E-state index contributed by atoms with van der Waals surface area (Å²) in [5, 5.41) is 10.4. The lowest BCUT2D eigenvalue weighted by molar-refractivity contribution is -0.174. The van der Waals surface area contributed by atoms with E-state index in [0.29, 0.717) is 6.42 Å². The van der Waals surface area contributed by atoms with Gasteiger partial charge >= 0.3 is 25.6 Å². The second-order valence-corrected chi connectivity index (χ2v) is 7.34. The van der Waals surface area contributed by atoms with Crippen molar-refractivity contribution in [1.29, 1.82) is 0 Å². The number of unbranched alkanes of at least 4 members (excludes halogenated alkanes) is 1. The molecule has 8 nitrogen and oxygen atoms in total. The molecule has 0 fully saturated rings. The van der Waals surface area contributed by atoms with E-state index in [0.717, 1.165) is 0 Å². The fraction of sp³-hybridized carbons (Fsp3) is 0.833. The Labute approximate surface area is 137 Å². The highest BCUT2D eigenvalue weighted by Gasteiger charge is 2.46. The number of halogens is 3. The average Bonchev–Trinajstić information content (AvgIpc) is 2.41. The second-order valence-electron chi connectivity index (χ2n) is 5.44. The molecule has 0 radical (unpaired) electrons. The molecule has 0 heterocycles. The van der Waals surface area contributed by atoms with Gasteiger partial charge in [-0.1, -0.05) is 13.8 Å². The first-order chi connectivity index (χ1) is 10.8. The van der Waals surface area contributed by atoms with E-state index in [1.165, 1.54) is 19.2 Å². The number of hydrogen-bond donors (Lipinski definition) is 4. The Balaban J connectivity index is 5.19. The molecule has 142 valence electrons.